The lowest BCUT2D eigenvalue weighted by Crippen LogP contribution is -2.65. The largest absolute Gasteiger partial charge is 0.508 e. The molecule has 42 nitrogen and oxygen atoms in total. The van der Waals surface area contributed by atoms with E-state index in [0.29, 0.717) is 59.7 Å². The molecule has 772 valence electrons. The number of aliphatic hydroxyl groups excluding tert-OH is 1. The van der Waals surface area contributed by atoms with E-state index in [-0.39, 0.29) is 82.9 Å². The summed E-state index contributed by atoms with van der Waals surface area (Å²) >= 11 is 0. The molecule has 1 aliphatic heterocycles. The van der Waals surface area contributed by atoms with Gasteiger partial charge in [0.25, 0.3) is 0 Å². The zero-order valence-electron chi connectivity index (χ0n) is 82.1. The van der Waals surface area contributed by atoms with Crippen molar-refractivity contribution < 1.29 is 111 Å². The molecule has 17 atom stereocenters. The highest BCUT2D eigenvalue weighted by Gasteiger charge is 2.44. The summed E-state index contributed by atoms with van der Waals surface area (Å²) in [5.41, 5.74) is 12.5. The SMILES string of the molecule is C.CC(=O)N[C@@H](CC(C)C)C(=O)N[C@H](C(=O)N[C@@H](Cc1ccccc1)C(=O)N[C@]1(C)CCCCCC/C=C/CCC[C@@](C)(C(=O)NC(C)C(=O)N[C@@H](C)C(=O)C(=O)[C@H](C)NNC(C)(C)C(=O)N[C@@H](C)C(=O)N[C@H](C)C(N)=O)NC(=O)[C@H](CC(C)C)CN[C@@H](CCC(N)=O)C(=O)C(=O)[C@H](C)NC(=O)[C@H](Cc2c[nH]c3ccccc23)NC(=O)C(Cc2ccc(O)cc2)NC(=O)[C@H](CCC(=O)O)NC1=O)[C@@H](C)O. The minimum Gasteiger partial charge on any atom is -0.508 e. The maximum atomic E-state index is 15.6. The fourth-order valence-electron chi connectivity index (χ4n) is 15.3. The maximum Gasteiger partial charge on any atom is 0.303 e. The Morgan fingerprint density at radius 1 is 0.543 bits per heavy atom. The van der Waals surface area contributed by atoms with Crippen molar-refractivity contribution >= 4 is 129 Å². The second-order valence-electron chi connectivity index (χ2n) is 37.7. The molecule has 0 radical (unpaired) electrons. The topological polar surface area (TPSA) is 662 Å². The summed E-state index contributed by atoms with van der Waals surface area (Å²) in [6.45, 7) is 22.5. The molecule has 24 N–H and O–H groups in total. The number of allylic oxidation sites excluding steroid dienone is 2. The van der Waals surface area contributed by atoms with Crippen LogP contribution in [0.4, 0.5) is 0 Å². The summed E-state index contributed by atoms with van der Waals surface area (Å²) in [6.07, 6.45) is 2.79. The number of ketones is 4. The van der Waals surface area contributed by atoms with E-state index >= 15 is 28.8 Å². The van der Waals surface area contributed by atoms with Crippen LogP contribution in [0, 0.1) is 17.8 Å². The Morgan fingerprint density at radius 2 is 1.11 bits per heavy atom. The van der Waals surface area contributed by atoms with Crippen molar-refractivity contribution in [3.8, 4) is 5.75 Å². The molecule has 0 saturated carbocycles. The number of hydrogen-bond donors (Lipinski definition) is 22. The number of aromatic amines is 1. The molecule has 2 heterocycles. The number of phenols is 1. The first-order valence-electron chi connectivity index (χ1n) is 47.0. The lowest BCUT2D eigenvalue weighted by atomic mass is 9.89. The molecular formula is C98H147N19O23. The minimum absolute atomic E-state index is 0. The van der Waals surface area contributed by atoms with Crippen LogP contribution in [0.25, 0.3) is 10.9 Å². The average Bonchev–Trinajstić information content (AvgIpc) is 1.79. The number of amides is 15. The summed E-state index contributed by atoms with van der Waals surface area (Å²) in [4.78, 5) is 284. The molecule has 0 saturated heterocycles. The first-order valence-corrected chi connectivity index (χ1v) is 47.0. The van der Waals surface area contributed by atoms with Gasteiger partial charge in [-0.15, -0.1) is 0 Å². The lowest BCUT2D eigenvalue weighted by Gasteiger charge is -2.34. The third kappa shape index (κ3) is 38.9. The van der Waals surface area contributed by atoms with Crippen LogP contribution in [-0.2, 0) is 115 Å². The van der Waals surface area contributed by atoms with E-state index in [1.807, 2.05) is 12.2 Å². The van der Waals surface area contributed by atoms with Crippen LogP contribution in [0.2, 0.25) is 0 Å². The van der Waals surface area contributed by atoms with Gasteiger partial charge in [-0.3, -0.25) is 95.9 Å². The third-order valence-corrected chi connectivity index (χ3v) is 23.8. The van der Waals surface area contributed by atoms with Crippen molar-refractivity contribution in [2.45, 2.75) is 335 Å². The van der Waals surface area contributed by atoms with Gasteiger partial charge in [-0.1, -0.05) is 127 Å². The summed E-state index contributed by atoms with van der Waals surface area (Å²) in [5, 5.41) is 69.1. The Hall–Kier alpha value is -13.2. The first-order chi connectivity index (χ1) is 65.1. The molecule has 1 aliphatic rings. The number of aliphatic carboxylic acids is 1. The second-order valence-corrected chi connectivity index (χ2v) is 37.7. The van der Waals surface area contributed by atoms with E-state index < -0.39 is 257 Å². The maximum absolute atomic E-state index is 15.6. The van der Waals surface area contributed by atoms with Crippen LogP contribution in [0.15, 0.2) is 97.2 Å². The Kier molecular flexibility index (Phi) is 48.3. The van der Waals surface area contributed by atoms with E-state index in [1.165, 1.54) is 107 Å². The number of carboxylic acid groups (broad SMARTS) is 1. The summed E-state index contributed by atoms with van der Waals surface area (Å²) < 4.78 is 0. The third-order valence-electron chi connectivity index (χ3n) is 23.8. The molecule has 5 rings (SSSR count). The summed E-state index contributed by atoms with van der Waals surface area (Å²) in [5.74, 6) is -21.2. The fourth-order valence-corrected chi connectivity index (χ4v) is 15.3. The van der Waals surface area contributed by atoms with Crippen molar-refractivity contribution in [1.82, 2.24) is 90.3 Å². The monoisotopic (exact) mass is 1960 g/mol. The number of phenolic OH excluding ortho intramolecular Hbond substituents is 1. The fraction of sp³-hybridized carbons (Fsp3) is 0.571. The van der Waals surface area contributed by atoms with Gasteiger partial charge in [0.05, 0.1) is 36.2 Å². The van der Waals surface area contributed by atoms with Gasteiger partial charge in [-0.25, -0.2) is 10.9 Å². The molecule has 3 aromatic carbocycles. The van der Waals surface area contributed by atoms with Gasteiger partial charge in [0, 0.05) is 62.7 Å². The van der Waals surface area contributed by atoms with Crippen molar-refractivity contribution in [1.29, 1.82) is 0 Å². The Balaban J connectivity index is 0.0000409. The van der Waals surface area contributed by atoms with Gasteiger partial charge in [0.15, 0.2) is 0 Å². The number of rotatable bonds is 39. The van der Waals surface area contributed by atoms with Gasteiger partial charge >= 0.3 is 5.97 Å². The van der Waals surface area contributed by atoms with Gasteiger partial charge in [0.2, 0.25) is 112 Å². The van der Waals surface area contributed by atoms with Gasteiger partial charge in [0.1, 0.15) is 76.7 Å². The molecule has 4 aromatic rings. The van der Waals surface area contributed by atoms with Gasteiger partial charge < -0.3 is 106 Å². The number of nitrogens with two attached hydrogens (primary N) is 2. The van der Waals surface area contributed by atoms with Crippen molar-refractivity contribution in [2.75, 3.05) is 6.54 Å². The van der Waals surface area contributed by atoms with E-state index in [2.05, 4.69) is 90.3 Å². The molecule has 0 fully saturated rings. The number of hydrazine groups is 1. The smallest absolute Gasteiger partial charge is 0.303 e. The number of aliphatic hydroxyl groups is 1. The number of aromatic hydroxyl groups is 1. The first kappa shape index (κ1) is 119. The van der Waals surface area contributed by atoms with E-state index in [0.717, 1.165) is 0 Å². The Labute approximate surface area is 816 Å². The molecule has 0 spiro atoms. The lowest BCUT2D eigenvalue weighted by molar-refractivity contribution is -0.141. The quantitative estimate of drug-likeness (QED) is 0.0168. The van der Waals surface area contributed by atoms with Crippen LogP contribution in [-0.4, -0.2) is 246 Å². The van der Waals surface area contributed by atoms with Crippen LogP contribution in [0.5, 0.6) is 5.75 Å². The van der Waals surface area contributed by atoms with Crippen LogP contribution in [0.1, 0.15) is 231 Å². The van der Waals surface area contributed by atoms with E-state index in [1.54, 1.807) is 88.5 Å². The molecule has 2 unspecified atom stereocenters. The number of primary amides is 2. The highest BCUT2D eigenvalue weighted by Crippen LogP contribution is 2.25. The second kappa shape index (κ2) is 56.7. The number of H-pyrrole nitrogens is 1. The molecule has 0 bridgehead atoms. The molecule has 0 aliphatic carbocycles. The predicted octanol–water partition coefficient (Wildman–Crippen LogP) is 1.02. The normalized spacial score (nSPS) is 21.7. The number of carbonyl (C=O) groups is 20. The average molecular weight is 1960 g/mol. The number of benzene rings is 3. The number of hydrogen-bond acceptors (Lipinski definition) is 25. The standard InChI is InChI=1S/C97H143N19O23.CH4/c1-52(2)45-65-51-101-69(39-41-75(98)120)81(126)79(124)55(6)103-87(132)74(49-64-50-100-68-34-28-27-33-67(64)68)109-88(133)72(48-63-35-37-66(119)38-36-63)108-86(131)70(40-42-76(121)122)111-94(139)97(16,114-90(135)73(47-62-31-25-24-26-32-62)110-91(136)77(60(11)117)112-89(134)71(46-53(3)4)107-61(12)118)44-30-23-21-19-17-18-20-22-29-43-96(15,113-85(65)130)93(138)106-59(10)83(128)102-54(5)78(123)80(125)56(7)115-116-95(13,14)92(137)105-58(9)84(129)104-57(8)82(99)127;/h18,20,24-28,31-38,50,52-60,65,69-74,77,100-101,115-117,119H,17,19,21-23,29-30,39-49,51H2,1-16H3,(H2,98,120)(H2,99,127)(H,102,128)(H,103,132)(H,104,129)(H,105,137)(H,106,138)(H,107,118)(H,108,131)(H,109,133)(H,110,136)(H,111,139)(H,112,134)(H,113,130)(H,114,135)(H,121,122);1H4/b20-18+;/t54-,55-,56-,57+,58-,59?,60+,65+,69-,70-,71-,72?,73-,74-,77-,96-,97+;/m0./s1. The number of carboxylic acids is 1. The van der Waals surface area contributed by atoms with Crippen molar-refractivity contribution in [3.63, 3.8) is 0 Å². The number of nitrogens with one attached hydrogen (secondary N) is 17. The van der Waals surface area contributed by atoms with Crippen molar-refractivity contribution in [2.24, 2.45) is 29.2 Å². The predicted molar refractivity (Wildman–Crippen MR) is 520 cm³/mol. The Bertz CT molecular complexity index is 5020. The summed E-state index contributed by atoms with van der Waals surface area (Å²) in [6, 6.07) is 1.11. The number of carbonyl (C=O) groups excluding carboxylic acids is 19. The van der Waals surface area contributed by atoms with Crippen molar-refractivity contribution in [3.05, 3.63) is 114 Å². The highest BCUT2D eigenvalue weighted by molar-refractivity contribution is 6.41. The zero-order valence-corrected chi connectivity index (χ0v) is 82.1. The molecule has 140 heavy (non-hydrogen) atoms. The summed E-state index contributed by atoms with van der Waals surface area (Å²) in [7, 11) is 0. The molecule has 42 heteroatoms. The number of Topliss-reactive ketones (excluding diaryl/α,β-unsaturated/α-hetero) is 4. The van der Waals surface area contributed by atoms with Gasteiger partial charge in [-0.2, -0.15) is 0 Å². The van der Waals surface area contributed by atoms with Crippen LogP contribution in [0.3, 0.4) is 0 Å². The van der Waals surface area contributed by atoms with Crippen LogP contribution < -0.4 is 96.8 Å². The number of para-hydroxylation sites is 1. The molecule has 1 aromatic heterocycles. The zero-order chi connectivity index (χ0) is 104. The van der Waals surface area contributed by atoms with E-state index in [9.17, 15) is 82.4 Å². The van der Waals surface area contributed by atoms with E-state index in [4.69, 9.17) is 11.5 Å². The number of aromatic nitrogens is 1. The number of fused-ring (bicyclic) bond motifs is 1. The van der Waals surface area contributed by atoms with Crippen LogP contribution >= 0.6 is 0 Å². The highest BCUT2D eigenvalue weighted by atomic mass is 16.4. The Morgan fingerprint density at radius 3 is 1.71 bits per heavy atom. The van der Waals surface area contributed by atoms with Gasteiger partial charge in [-0.05, 0) is 187 Å². The molecular weight excluding hydrogens is 1810 g/mol. The molecule has 15 amide bonds. The minimum atomic E-state index is -2.08.